The molecule has 0 saturated heterocycles. The van der Waals surface area contributed by atoms with Crippen molar-refractivity contribution in [1.82, 2.24) is 10.4 Å². The molecule has 1 aliphatic rings. The van der Waals surface area contributed by atoms with Crippen molar-refractivity contribution in [3.63, 3.8) is 0 Å². The molecular weight excluding hydrogens is 362 g/mol. The third-order valence-electron chi connectivity index (χ3n) is 2.50. The lowest BCUT2D eigenvalue weighted by molar-refractivity contribution is 0.0954. The van der Waals surface area contributed by atoms with E-state index < -0.39 is 0 Å². The number of nitrogens with zero attached hydrogens (tertiary/aromatic N) is 2. The summed E-state index contributed by atoms with van der Waals surface area (Å²) in [6.07, 6.45) is 3.16. The van der Waals surface area contributed by atoms with Gasteiger partial charge in [-0.1, -0.05) is 12.2 Å². The number of aromatic nitrogens is 1. The van der Waals surface area contributed by atoms with Crippen molar-refractivity contribution in [3.05, 3.63) is 33.2 Å². The summed E-state index contributed by atoms with van der Waals surface area (Å²) < 4.78 is 3.49. The second-order valence-electron chi connectivity index (χ2n) is 3.97. The Labute approximate surface area is 143 Å². The minimum atomic E-state index is -0.236. The SMILES string of the molecule is O=C(NN=C1CSc2sc(=S)sc2SC1)c1cccnc1. The average molecular weight is 372 g/mol. The monoisotopic (exact) mass is 371 g/mol. The second kappa shape index (κ2) is 7.01. The topological polar surface area (TPSA) is 54.4 Å². The molecule has 1 amide bonds. The van der Waals surface area contributed by atoms with Gasteiger partial charge in [0.1, 0.15) is 3.14 Å². The fraction of sp³-hybridized carbons (Fsp3) is 0.167. The molecule has 0 radical (unpaired) electrons. The summed E-state index contributed by atoms with van der Waals surface area (Å²) in [7, 11) is 0. The van der Waals surface area contributed by atoms with Crippen LogP contribution in [0.5, 0.6) is 0 Å². The lowest BCUT2D eigenvalue weighted by atomic mass is 10.3. The van der Waals surface area contributed by atoms with E-state index in [0.29, 0.717) is 5.56 Å². The predicted molar refractivity (Wildman–Crippen MR) is 93.6 cm³/mol. The number of hydrogen-bond acceptors (Lipinski definition) is 8. The predicted octanol–water partition coefficient (Wildman–Crippen LogP) is 3.92. The molecule has 108 valence electrons. The number of thioether (sulfide) groups is 2. The number of fused-ring (bicyclic) bond motifs is 1. The number of hydrogen-bond donors (Lipinski definition) is 1. The summed E-state index contributed by atoms with van der Waals surface area (Å²) in [6.45, 7) is 0. The van der Waals surface area contributed by atoms with E-state index in [1.807, 2.05) is 0 Å². The van der Waals surface area contributed by atoms with Gasteiger partial charge in [-0.05, 0) is 12.1 Å². The van der Waals surface area contributed by atoms with Crippen molar-refractivity contribution in [2.75, 3.05) is 11.5 Å². The Hall–Kier alpha value is -0.740. The van der Waals surface area contributed by atoms with Gasteiger partial charge in [-0.3, -0.25) is 9.78 Å². The number of carbonyl (C=O) groups is 1. The van der Waals surface area contributed by atoms with Gasteiger partial charge in [0.2, 0.25) is 0 Å². The molecule has 3 heterocycles. The third kappa shape index (κ3) is 3.92. The maximum absolute atomic E-state index is 11.9. The molecule has 2 aromatic rings. The summed E-state index contributed by atoms with van der Waals surface area (Å²) in [6, 6.07) is 3.44. The van der Waals surface area contributed by atoms with Crippen LogP contribution in [0.2, 0.25) is 0 Å². The molecule has 1 aliphatic heterocycles. The molecule has 4 nitrogen and oxygen atoms in total. The Kier molecular flexibility index (Phi) is 5.07. The normalized spacial score (nSPS) is 14.2. The first-order valence-corrected chi connectivity index (χ1v) is 9.89. The van der Waals surface area contributed by atoms with Gasteiger partial charge in [-0.25, -0.2) is 5.43 Å². The van der Waals surface area contributed by atoms with Crippen molar-refractivity contribution in [1.29, 1.82) is 0 Å². The van der Waals surface area contributed by atoms with Crippen LogP contribution < -0.4 is 5.43 Å². The number of pyridine rings is 1. The van der Waals surface area contributed by atoms with Gasteiger partial charge in [-0.2, -0.15) is 5.10 Å². The fourth-order valence-corrected chi connectivity index (χ4v) is 7.62. The van der Waals surface area contributed by atoms with Crippen LogP contribution in [0.3, 0.4) is 0 Å². The molecule has 0 spiro atoms. The summed E-state index contributed by atoms with van der Waals surface area (Å²) >= 11 is 12.0. The highest BCUT2D eigenvalue weighted by Crippen LogP contribution is 2.42. The zero-order valence-electron chi connectivity index (χ0n) is 10.6. The van der Waals surface area contributed by atoms with E-state index in [1.165, 1.54) is 14.6 Å². The van der Waals surface area contributed by atoms with Crippen molar-refractivity contribution >= 4 is 70.0 Å². The zero-order valence-corrected chi connectivity index (χ0v) is 14.7. The van der Waals surface area contributed by atoms with E-state index in [-0.39, 0.29) is 5.91 Å². The number of hydrazone groups is 1. The van der Waals surface area contributed by atoms with E-state index in [4.69, 9.17) is 12.2 Å². The summed E-state index contributed by atoms with van der Waals surface area (Å²) in [4.78, 5) is 15.8. The molecular formula is C12H9N3OS5. The summed E-state index contributed by atoms with van der Waals surface area (Å²) in [5.41, 5.74) is 4.06. The van der Waals surface area contributed by atoms with Crippen molar-refractivity contribution in [2.45, 2.75) is 8.42 Å². The maximum atomic E-state index is 11.9. The first-order valence-electron chi connectivity index (χ1n) is 5.88. The molecule has 9 heteroatoms. The molecule has 2 aromatic heterocycles. The van der Waals surface area contributed by atoms with E-state index >= 15 is 0 Å². The fourth-order valence-electron chi connectivity index (χ4n) is 1.53. The maximum Gasteiger partial charge on any atom is 0.272 e. The quantitative estimate of drug-likeness (QED) is 0.640. The summed E-state index contributed by atoms with van der Waals surface area (Å²) in [5.74, 6) is 1.31. The van der Waals surface area contributed by atoms with Crippen LogP contribution in [0, 0.1) is 3.14 Å². The van der Waals surface area contributed by atoms with Gasteiger partial charge < -0.3 is 0 Å². The third-order valence-corrected chi connectivity index (χ3v) is 8.22. The highest BCUT2D eigenvalue weighted by atomic mass is 32.2. The Balaban J connectivity index is 1.64. The molecule has 0 aliphatic carbocycles. The average Bonchev–Trinajstić information content (AvgIpc) is 2.76. The van der Waals surface area contributed by atoms with Crippen molar-refractivity contribution < 1.29 is 4.79 Å². The van der Waals surface area contributed by atoms with E-state index in [1.54, 1.807) is 64.5 Å². The first-order chi connectivity index (χ1) is 10.2. The Morgan fingerprint density at radius 2 is 2.00 bits per heavy atom. The zero-order chi connectivity index (χ0) is 14.7. The Bertz CT molecular complexity index is 706. The number of nitrogens with one attached hydrogen (secondary N) is 1. The van der Waals surface area contributed by atoms with Crippen LogP contribution in [0.25, 0.3) is 0 Å². The van der Waals surface area contributed by atoms with Gasteiger partial charge in [0, 0.05) is 23.9 Å². The highest BCUT2D eigenvalue weighted by Gasteiger charge is 2.16. The van der Waals surface area contributed by atoms with E-state index in [2.05, 4.69) is 15.5 Å². The van der Waals surface area contributed by atoms with Gasteiger partial charge in [0.05, 0.1) is 19.7 Å². The van der Waals surface area contributed by atoms with E-state index in [9.17, 15) is 4.79 Å². The number of rotatable bonds is 2. The summed E-state index contributed by atoms with van der Waals surface area (Å²) in [5, 5.41) is 4.24. The molecule has 0 fully saturated rings. The van der Waals surface area contributed by atoms with E-state index in [0.717, 1.165) is 20.4 Å². The minimum absolute atomic E-state index is 0.236. The molecule has 1 N–H and O–H groups in total. The minimum Gasteiger partial charge on any atom is -0.267 e. The smallest absolute Gasteiger partial charge is 0.267 e. The number of amides is 1. The first kappa shape index (κ1) is 15.2. The molecule has 3 rings (SSSR count). The highest BCUT2D eigenvalue weighted by molar-refractivity contribution is 8.07. The van der Waals surface area contributed by atoms with Crippen LogP contribution in [-0.2, 0) is 0 Å². The second-order valence-corrected chi connectivity index (χ2v) is 9.68. The van der Waals surface area contributed by atoms with Gasteiger partial charge in [0.15, 0.2) is 0 Å². The molecule has 0 unspecified atom stereocenters. The van der Waals surface area contributed by atoms with Crippen molar-refractivity contribution in [3.8, 4) is 0 Å². The standard InChI is InChI=1S/C12H9N3OS5/c16-9(7-2-1-3-13-4-7)15-14-8-5-18-10-11(19-6-8)21-12(17)20-10/h1-4H,5-6H2,(H,15,16). The van der Waals surface area contributed by atoms with Gasteiger partial charge >= 0.3 is 0 Å². The van der Waals surface area contributed by atoms with Crippen LogP contribution in [0.4, 0.5) is 0 Å². The van der Waals surface area contributed by atoms with Crippen LogP contribution in [-0.4, -0.2) is 28.1 Å². The van der Waals surface area contributed by atoms with Gasteiger partial charge in [0.25, 0.3) is 5.91 Å². The Morgan fingerprint density at radius 1 is 1.29 bits per heavy atom. The molecule has 21 heavy (non-hydrogen) atoms. The largest absolute Gasteiger partial charge is 0.272 e. The molecule has 0 aromatic carbocycles. The molecule has 0 bridgehead atoms. The van der Waals surface area contributed by atoms with Crippen LogP contribution >= 0.6 is 58.4 Å². The van der Waals surface area contributed by atoms with Crippen molar-refractivity contribution in [2.24, 2.45) is 5.10 Å². The van der Waals surface area contributed by atoms with Gasteiger partial charge in [-0.15, -0.1) is 46.2 Å². The van der Waals surface area contributed by atoms with Crippen LogP contribution in [0.15, 0.2) is 38.0 Å². The molecule has 0 saturated carbocycles. The number of carbonyl (C=O) groups excluding carboxylic acids is 1. The lowest BCUT2D eigenvalue weighted by Crippen LogP contribution is -2.21. The lowest BCUT2D eigenvalue weighted by Gasteiger charge is -2.02. The van der Waals surface area contributed by atoms with Crippen LogP contribution in [0.1, 0.15) is 10.4 Å². The Morgan fingerprint density at radius 3 is 2.62 bits per heavy atom. The molecule has 0 atom stereocenters.